The molecule has 0 aliphatic rings. The molecule has 0 aliphatic heterocycles. The van der Waals surface area contributed by atoms with Gasteiger partial charge in [0.25, 0.3) is 0 Å². The molecule has 92 valence electrons. The van der Waals surface area contributed by atoms with Crippen molar-refractivity contribution in [2.75, 3.05) is 0 Å². The highest BCUT2D eigenvalue weighted by molar-refractivity contribution is 5.50. The number of halogens is 2. The third-order valence-electron chi connectivity index (χ3n) is 2.75. The Labute approximate surface area is 106 Å². The van der Waals surface area contributed by atoms with Gasteiger partial charge in [-0.3, -0.25) is 0 Å². The van der Waals surface area contributed by atoms with Gasteiger partial charge in [0.2, 0.25) is 6.43 Å². The topological polar surface area (TPSA) is 0 Å². The third-order valence-corrected chi connectivity index (χ3v) is 2.75. The van der Waals surface area contributed by atoms with Crippen LogP contribution in [-0.2, 0) is 0 Å². The summed E-state index contributed by atoms with van der Waals surface area (Å²) in [5, 5.41) is 0. The van der Waals surface area contributed by atoms with Crippen LogP contribution in [0.2, 0.25) is 0 Å². The second kappa shape index (κ2) is 6.10. The van der Waals surface area contributed by atoms with Gasteiger partial charge in [0.15, 0.2) is 0 Å². The molecular formula is C16H14F2. The fourth-order valence-electron chi connectivity index (χ4n) is 1.79. The first-order chi connectivity index (χ1) is 8.77. The van der Waals surface area contributed by atoms with Crippen LogP contribution in [0.1, 0.15) is 17.0 Å². The smallest absolute Gasteiger partial charge is 0.209 e. The molecule has 0 fully saturated rings. The summed E-state index contributed by atoms with van der Waals surface area (Å²) in [5.74, 6) is -0.855. The van der Waals surface area contributed by atoms with E-state index in [1.165, 1.54) is 0 Å². The van der Waals surface area contributed by atoms with Crippen molar-refractivity contribution in [1.29, 1.82) is 0 Å². The van der Waals surface area contributed by atoms with E-state index in [-0.39, 0.29) is 0 Å². The summed E-state index contributed by atoms with van der Waals surface area (Å²) in [6.45, 7) is 0. The molecular weight excluding hydrogens is 230 g/mol. The summed E-state index contributed by atoms with van der Waals surface area (Å²) in [6, 6.07) is 18.3. The summed E-state index contributed by atoms with van der Waals surface area (Å²) in [7, 11) is 0. The molecule has 18 heavy (non-hydrogen) atoms. The SMILES string of the molecule is FC(F)C(/C=C/c1ccccc1)c1ccccc1. The largest absolute Gasteiger partial charge is 0.248 e. The molecule has 2 aromatic rings. The number of alkyl halides is 2. The van der Waals surface area contributed by atoms with Crippen molar-refractivity contribution in [2.24, 2.45) is 0 Å². The maximum absolute atomic E-state index is 13.0. The van der Waals surface area contributed by atoms with Crippen LogP contribution in [-0.4, -0.2) is 6.43 Å². The van der Waals surface area contributed by atoms with Gasteiger partial charge in [0.05, 0.1) is 5.92 Å². The van der Waals surface area contributed by atoms with Crippen LogP contribution in [0.3, 0.4) is 0 Å². The minimum atomic E-state index is -2.40. The van der Waals surface area contributed by atoms with E-state index in [0.717, 1.165) is 5.56 Å². The van der Waals surface area contributed by atoms with Gasteiger partial charge in [0, 0.05) is 0 Å². The highest BCUT2D eigenvalue weighted by Gasteiger charge is 2.18. The minimum Gasteiger partial charge on any atom is -0.209 e. The van der Waals surface area contributed by atoms with Crippen molar-refractivity contribution in [1.82, 2.24) is 0 Å². The van der Waals surface area contributed by atoms with E-state index >= 15 is 0 Å². The third kappa shape index (κ3) is 3.27. The molecule has 0 N–H and O–H groups in total. The molecule has 0 radical (unpaired) electrons. The van der Waals surface area contributed by atoms with Gasteiger partial charge >= 0.3 is 0 Å². The van der Waals surface area contributed by atoms with E-state index < -0.39 is 12.3 Å². The van der Waals surface area contributed by atoms with E-state index in [4.69, 9.17) is 0 Å². The minimum absolute atomic E-state index is 0.639. The van der Waals surface area contributed by atoms with E-state index in [2.05, 4.69) is 0 Å². The predicted molar refractivity (Wildman–Crippen MR) is 70.7 cm³/mol. The molecule has 0 heterocycles. The summed E-state index contributed by atoms with van der Waals surface area (Å²) in [5.41, 5.74) is 1.57. The van der Waals surface area contributed by atoms with Crippen molar-refractivity contribution in [3.05, 3.63) is 77.9 Å². The Balaban J connectivity index is 2.20. The average Bonchev–Trinajstić information content (AvgIpc) is 2.41. The Hall–Kier alpha value is -1.96. The van der Waals surface area contributed by atoms with Crippen LogP contribution in [0.5, 0.6) is 0 Å². The van der Waals surface area contributed by atoms with Crippen LogP contribution in [0.25, 0.3) is 6.08 Å². The zero-order valence-corrected chi connectivity index (χ0v) is 9.84. The number of hydrogen-bond donors (Lipinski definition) is 0. The first kappa shape index (κ1) is 12.5. The lowest BCUT2D eigenvalue weighted by Gasteiger charge is -2.11. The first-order valence-electron chi connectivity index (χ1n) is 5.84. The van der Waals surface area contributed by atoms with Crippen molar-refractivity contribution < 1.29 is 8.78 Å². The molecule has 2 rings (SSSR count). The van der Waals surface area contributed by atoms with Gasteiger partial charge < -0.3 is 0 Å². The first-order valence-corrected chi connectivity index (χ1v) is 5.84. The Kier molecular flexibility index (Phi) is 4.24. The van der Waals surface area contributed by atoms with Crippen LogP contribution < -0.4 is 0 Å². The van der Waals surface area contributed by atoms with Crippen LogP contribution in [0, 0.1) is 0 Å². The maximum atomic E-state index is 13.0. The molecule has 1 atom stereocenters. The Morgan fingerprint density at radius 3 is 1.89 bits per heavy atom. The molecule has 0 aromatic heterocycles. The zero-order chi connectivity index (χ0) is 12.8. The second-order valence-corrected chi connectivity index (χ2v) is 4.04. The monoisotopic (exact) mass is 244 g/mol. The molecule has 0 amide bonds. The molecule has 2 heteroatoms. The molecule has 0 aliphatic carbocycles. The summed E-state index contributed by atoms with van der Waals surface area (Å²) >= 11 is 0. The lowest BCUT2D eigenvalue weighted by atomic mass is 9.98. The number of benzene rings is 2. The highest BCUT2D eigenvalue weighted by atomic mass is 19.3. The summed E-state index contributed by atoms with van der Waals surface area (Å²) < 4.78 is 26.1. The van der Waals surface area contributed by atoms with Gasteiger partial charge in [-0.05, 0) is 11.1 Å². The Morgan fingerprint density at radius 2 is 1.33 bits per heavy atom. The van der Waals surface area contributed by atoms with Gasteiger partial charge in [-0.25, -0.2) is 8.78 Å². The van der Waals surface area contributed by atoms with E-state index in [0.29, 0.717) is 5.56 Å². The van der Waals surface area contributed by atoms with Crippen molar-refractivity contribution in [2.45, 2.75) is 12.3 Å². The van der Waals surface area contributed by atoms with Gasteiger partial charge in [-0.1, -0.05) is 72.8 Å². The highest BCUT2D eigenvalue weighted by Crippen LogP contribution is 2.25. The van der Waals surface area contributed by atoms with E-state index in [9.17, 15) is 8.78 Å². The predicted octanol–water partition coefficient (Wildman–Crippen LogP) is 4.75. The number of allylic oxidation sites excluding steroid dienone is 1. The fourth-order valence-corrected chi connectivity index (χ4v) is 1.79. The van der Waals surface area contributed by atoms with Crippen LogP contribution >= 0.6 is 0 Å². The lowest BCUT2D eigenvalue weighted by molar-refractivity contribution is 0.132. The van der Waals surface area contributed by atoms with Gasteiger partial charge in [-0.15, -0.1) is 0 Å². The lowest BCUT2D eigenvalue weighted by Crippen LogP contribution is -2.05. The molecule has 0 saturated carbocycles. The van der Waals surface area contributed by atoms with Crippen molar-refractivity contribution >= 4 is 6.08 Å². The van der Waals surface area contributed by atoms with E-state index in [1.807, 2.05) is 36.4 Å². The van der Waals surface area contributed by atoms with E-state index in [1.54, 1.807) is 36.4 Å². The fraction of sp³-hybridized carbons (Fsp3) is 0.125. The molecule has 1 unspecified atom stereocenters. The zero-order valence-electron chi connectivity index (χ0n) is 9.84. The van der Waals surface area contributed by atoms with Crippen molar-refractivity contribution in [3.8, 4) is 0 Å². The number of rotatable bonds is 4. The Morgan fingerprint density at radius 1 is 0.778 bits per heavy atom. The average molecular weight is 244 g/mol. The number of hydrogen-bond acceptors (Lipinski definition) is 0. The van der Waals surface area contributed by atoms with Crippen LogP contribution in [0.4, 0.5) is 8.78 Å². The maximum Gasteiger partial charge on any atom is 0.248 e. The van der Waals surface area contributed by atoms with Crippen LogP contribution in [0.15, 0.2) is 66.7 Å². The molecule has 0 nitrogen and oxygen atoms in total. The normalized spacial score (nSPS) is 13.1. The van der Waals surface area contributed by atoms with Gasteiger partial charge in [-0.2, -0.15) is 0 Å². The molecule has 2 aromatic carbocycles. The molecule has 0 spiro atoms. The van der Waals surface area contributed by atoms with Gasteiger partial charge in [0.1, 0.15) is 0 Å². The summed E-state index contributed by atoms with van der Waals surface area (Å²) in [4.78, 5) is 0. The summed E-state index contributed by atoms with van der Waals surface area (Å²) in [6.07, 6.45) is 0.909. The molecule has 0 saturated heterocycles. The second-order valence-electron chi connectivity index (χ2n) is 4.04. The Bertz CT molecular complexity index is 489. The quantitative estimate of drug-likeness (QED) is 0.728. The van der Waals surface area contributed by atoms with Crippen molar-refractivity contribution in [3.63, 3.8) is 0 Å². The molecule has 0 bridgehead atoms. The standard InChI is InChI=1S/C16H14F2/c17-16(18)15(14-9-5-2-6-10-14)12-11-13-7-3-1-4-8-13/h1-12,15-16H/b12-11+.